The first kappa shape index (κ1) is 10.5. The molecule has 0 aromatic rings. The number of methoxy groups -OCH3 is 1. The van der Waals surface area contributed by atoms with Crippen LogP contribution >= 0.6 is 0 Å². The van der Waals surface area contributed by atoms with Crippen molar-refractivity contribution in [2.75, 3.05) is 20.2 Å². The van der Waals surface area contributed by atoms with Gasteiger partial charge in [0.15, 0.2) is 0 Å². The topological polar surface area (TPSA) is 64.3 Å². The van der Waals surface area contributed by atoms with Crippen molar-refractivity contribution >= 4 is 5.91 Å². The van der Waals surface area contributed by atoms with Gasteiger partial charge in [0.05, 0.1) is 0 Å². The summed E-state index contributed by atoms with van der Waals surface area (Å²) in [7, 11) is 1.50. The number of nitrogens with two attached hydrogens (primary N) is 1. The Morgan fingerprint density at radius 3 is 2.77 bits per heavy atom. The molecule has 1 amide bonds. The van der Waals surface area contributed by atoms with Crippen LogP contribution in [0, 0.1) is 11.8 Å². The Hall–Kier alpha value is -0.610. The molecule has 0 heterocycles. The standard InChI is InChI=1S/C9H18N2O2/c1-6-3-7(6)5-11-9(12)8(4-10)13-2/h6-8H,3-5,10H2,1-2H3,(H,11,12). The maximum absolute atomic E-state index is 11.3. The first-order valence-corrected chi connectivity index (χ1v) is 4.69. The van der Waals surface area contributed by atoms with E-state index in [1.165, 1.54) is 13.5 Å². The number of ether oxygens (including phenoxy) is 1. The van der Waals surface area contributed by atoms with E-state index in [0.717, 1.165) is 12.5 Å². The summed E-state index contributed by atoms with van der Waals surface area (Å²) in [4.78, 5) is 11.3. The minimum absolute atomic E-state index is 0.0934. The lowest BCUT2D eigenvalue weighted by atomic mass is 10.3. The lowest BCUT2D eigenvalue weighted by molar-refractivity contribution is -0.130. The molecule has 0 spiro atoms. The molecule has 1 saturated carbocycles. The Morgan fingerprint density at radius 2 is 2.38 bits per heavy atom. The largest absolute Gasteiger partial charge is 0.370 e. The van der Waals surface area contributed by atoms with Crippen LogP contribution in [-0.2, 0) is 9.53 Å². The molecule has 4 nitrogen and oxygen atoms in total. The molecule has 0 radical (unpaired) electrons. The summed E-state index contributed by atoms with van der Waals surface area (Å²) in [5.74, 6) is 1.34. The molecule has 3 atom stereocenters. The van der Waals surface area contributed by atoms with Crippen molar-refractivity contribution in [3.05, 3.63) is 0 Å². The fourth-order valence-corrected chi connectivity index (χ4v) is 1.34. The Kier molecular flexibility index (Phi) is 3.69. The van der Waals surface area contributed by atoms with E-state index in [1.807, 2.05) is 0 Å². The SMILES string of the molecule is COC(CN)C(=O)NCC1CC1C. The monoisotopic (exact) mass is 186 g/mol. The second-order valence-corrected chi connectivity index (χ2v) is 3.68. The second-order valence-electron chi connectivity index (χ2n) is 3.68. The van der Waals surface area contributed by atoms with Gasteiger partial charge in [-0.05, 0) is 18.3 Å². The van der Waals surface area contributed by atoms with Crippen molar-refractivity contribution < 1.29 is 9.53 Å². The molecule has 3 N–H and O–H groups in total. The summed E-state index contributed by atoms with van der Waals surface area (Å²) >= 11 is 0. The van der Waals surface area contributed by atoms with E-state index in [4.69, 9.17) is 10.5 Å². The zero-order chi connectivity index (χ0) is 9.84. The predicted octanol–water partition coefficient (Wildman–Crippen LogP) is -0.268. The van der Waals surface area contributed by atoms with Gasteiger partial charge in [0.2, 0.25) is 5.91 Å². The zero-order valence-corrected chi connectivity index (χ0v) is 8.25. The average molecular weight is 186 g/mol. The van der Waals surface area contributed by atoms with Gasteiger partial charge in [-0.3, -0.25) is 4.79 Å². The quantitative estimate of drug-likeness (QED) is 0.621. The van der Waals surface area contributed by atoms with Crippen molar-refractivity contribution in [1.82, 2.24) is 5.32 Å². The van der Waals surface area contributed by atoms with Crippen LogP contribution < -0.4 is 11.1 Å². The summed E-state index contributed by atoms with van der Waals surface area (Å²) in [6, 6.07) is 0. The highest BCUT2D eigenvalue weighted by Crippen LogP contribution is 2.36. The summed E-state index contributed by atoms with van der Waals surface area (Å²) < 4.78 is 4.90. The first-order chi connectivity index (χ1) is 6.19. The Bertz CT molecular complexity index is 180. The molecule has 1 fully saturated rings. The molecule has 0 aromatic carbocycles. The summed E-state index contributed by atoms with van der Waals surface area (Å²) in [5, 5.41) is 2.83. The van der Waals surface area contributed by atoms with Crippen molar-refractivity contribution in [1.29, 1.82) is 0 Å². The van der Waals surface area contributed by atoms with Crippen LogP contribution in [-0.4, -0.2) is 32.2 Å². The first-order valence-electron chi connectivity index (χ1n) is 4.69. The smallest absolute Gasteiger partial charge is 0.250 e. The lowest BCUT2D eigenvalue weighted by Gasteiger charge is -2.12. The average Bonchev–Trinajstić information content (AvgIpc) is 2.81. The van der Waals surface area contributed by atoms with Crippen molar-refractivity contribution in [3.63, 3.8) is 0 Å². The number of rotatable bonds is 5. The zero-order valence-electron chi connectivity index (χ0n) is 8.25. The van der Waals surface area contributed by atoms with Gasteiger partial charge in [0, 0.05) is 20.2 Å². The minimum Gasteiger partial charge on any atom is -0.370 e. The number of amides is 1. The summed E-state index contributed by atoms with van der Waals surface area (Å²) in [5.41, 5.74) is 5.35. The lowest BCUT2D eigenvalue weighted by Crippen LogP contribution is -2.41. The number of hydrogen-bond acceptors (Lipinski definition) is 3. The van der Waals surface area contributed by atoms with E-state index in [9.17, 15) is 4.79 Å². The third-order valence-electron chi connectivity index (χ3n) is 2.61. The highest BCUT2D eigenvalue weighted by molar-refractivity contribution is 5.81. The van der Waals surface area contributed by atoms with Crippen LogP contribution in [0.3, 0.4) is 0 Å². The fraction of sp³-hybridized carbons (Fsp3) is 0.889. The Balaban J connectivity index is 2.16. The van der Waals surface area contributed by atoms with E-state index in [0.29, 0.717) is 5.92 Å². The van der Waals surface area contributed by atoms with Crippen LogP contribution in [0.1, 0.15) is 13.3 Å². The number of hydrogen-bond donors (Lipinski definition) is 2. The van der Waals surface area contributed by atoms with E-state index >= 15 is 0 Å². The van der Waals surface area contributed by atoms with Crippen molar-refractivity contribution in [2.45, 2.75) is 19.4 Å². The van der Waals surface area contributed by atoms with E-state index in [1.54, 1.807) is 0 Å². The normalized spacial score (nSPS) is 28.2. The van der Waals surface area contributed by atoms with Gasteiger partial charge < -0.3 is 15.8 Å². The Morgan fingerprint density at radius 1 is 1.77 bits per heavy atom. The molecule has 4 heteroatoms. The van der Waals surface area contributed by atoms with Crippen LogP contribution in [0.4, 0.5) is 0 Å². The van der Waals surface area contributed by atoms with Gasteiger partial charge in [0.25, 0.3) is 0 Å². The van der Waals surface area contributed by atoms with Crippen LogP contribution in [0.2, 0.25) is 0 Å². The third kappa shape index (κ3) is 2.97. The number of nitrogens with one attached hydrogen (secondary N) is 1. The fourth-order valence-electron chi connectivity index (χ4n) is 1.34. The molecule has 0 saturated heterocycles. The molecule has 1 rings (SSSR count). The molecule has 1 aliphatic carbocycles. The van der Waals surface area contributed by atoms with Gasteiger partial charge in [-0.25, -0.2) is 0 Å². The molecular weight excluding hydrogens is 168 g/mol. The molecule has 13 heavy (non-hydrogen) atoms. The number of carbonyl (C=O) groups is 1. The molecular formula is C9H18N2O2. The van der Waals surface area contributed by atoms with E-state index in [-0.39, 0.29) is 12.5 Å². The van der Waals surface area contributed by atoms with Gasteiger partial charge in [-0.15, -0.1) is 0 Å². The predicted molar refractivity (Wildman–Crippen MR) is 50.1 cm³/mol. The van der Waals surface area contributed by atoms with Gasteiger partial charge >= 0.3 is 0 Å². The molecule has 0 aromatic heterocycles. The van der Waals surface area contributed by atoms with E-state index < -0.39 is 6.10 Å². The van der Waals surface area contributed by atoms with Gasteiger partial charge in [0.1, 0.15) is 6.10 Å². The molecule has 3 unspecified atom stereocenters. The second kappa shape index (κ2) is 4.58. The van der Waals surface area contributed by atoms with Crippen molar-refractivity contribution in [2.24, 2.45) is 17.6 Å². The third-order valence-corrected chi connectivity index (χ3v) is 2.61. The van der Waals surface area contributed by atoms with Crippen LogP contribution in [0.5, 0.6) is 0 Å². The summed E-state index contributed by atoms with van der Waals surface area (Å²) in [6.07, 6.45) is 0.731. The highest BCUT2D eigenvalue weighted by atomic mass is 16.5. The maximum atomic E-state index is 11.3. The van der Waals surface area contributed by atoms with Gasteiger partial charge in [-0.1, -0.05) is 6.92 Å². The van der Waals surface area contributed by atoms with Gasteiger partial charge in [-0.2, -0.15) is 0 Å². The summed E-state index contributed by atoms with van der Waals surface area (Å²) in [6.45, 7) is 3.19. The number of carbonyl (C=O) groups excluding carboxylic acids is 1. The van der Waals surface area contributed by atoms with Crippen LogP contribution in [0.15, 0.2) is 0 Å². The maximum Gasteiger partial charge on any atom is 0.250 e. The molecule has 1 aliphatic rings. The van der Waals surface area contributed by atoms with E-state index in [2.05, 4.69) is 12.2 Å². The molecule has 0 bridgehead atoms. The molecule has 0 aliphatic heterocycles. The highest BCUT2D eigenvalue weighted by Gasteiger charge is 2.32. The minimum atomic E-state index is -0.492. The Labute approximate surface area is 78.8 Å². The van der Waals surface area contributed by atoms with Crippen LogP contribution in [0.25, 0.3) is 0 Å². The molecule has 76 valence electrons. The van der Waals surface area contributed by atoms with Crippen molar-refractivity contribution in [3.8, 4) is 0 Å².